The molecule has 2 saturated heterocycles. The first-order valence-corrected chi connectivity index (χ1v) is 7.88. The maximum absolute atomic E-state index is 12.4. The Bertz CT molecular complexity index is 300. The zero-order chi connectivity index (χ0) is 13.2. The summed E-state index contributed by atoms with van der Waals surface area (Å²) in [5.41, 5.74) is -0.436. The van der Waals surface area contributed by atoms with E-state index in [0.29, 0.717) is 0 Å². The standard InChI is InChI=1S/C13H24N2O2S/c1-12(2,3)17-11(16)15-7-8-18-10-13(15)5-4-6-14-9-13/h14H,4-10H2,1-3H3. The number of carbonyl (C=O) groups is 1. The second-order valence-corrected chi connectivity index (χ2v) is 7.29. The predicted octanol–water partition coefficient (Wildman–Crippen LogP) is 2.09. The number of ether oxygens (including phenoxy) is 1. The van der Waals surface area contributed by atoms with Gasteiger partial charge in [0.05, 0.1) is 5.54 Å². The zero-order valence-corrected chi connectivity index (χ0v) is 12.4. The van der Waals surface area contributed by atoms with E-state index in [4.69, 9.17) is 4.74 Å². The third kappa shape index (κ3) is 3.12. The molecular weight excluding hydrogens is 248 g/mol. The first kappa shape index (κ1) is 14.0. The van der Waals surface area contributed by atoms with E-state index in [0.717, 1.165) is 44.0 Å². The van der Waals surface area contributed by atoms with E-state index in [1.54, 1.807) is 0 Å². The topological polar surface area (TPSA) is 41.6 Å². The Hall–Kier alpha value is -0.420. The van der Waals surface area contributed by atoms with Gasteiger partial charge in [-0.1, -0.05) is 0 Å². The Morgan fingerprint density at radius 3 is 2.83 bits per heavy atom. The molecule has 2 rings (SSSR count). The molecule has 1 amide bonds. The third-order valence-electron chi connectivity index (χ3n) is 3.47. The van der Waals surface area contributed by atoms with Crippen LogP contribution < -0.4 is 5.32 Å². The van der Waals surface area contributed by atoms with Gasteiger partial charge in [0.15, 0.2) is 0 Å². The highest BCUT2D eigenvalue weighted by Gasteiger charge is 2.44. The monoisotopic (exact) mass is 272 g/mol. The van der Waals surface area contributed by atoms with E-state index >= 15 is 0 Å². The molecule has 1 spiro atoms. The number of piperidine rings is 1. The number of carbonyl (C=O) groups excluding carboxylic acids is 1. The van der Waals surface area contributed by atoms with Crippen molar-refractivity contribution in [1.29, 1.82) is 0 Å². The van der Waals surface area contributed by atoms with Gasteiger partial charge in [0.1, 0.15) is 5.60 Å². The van der Waals surface area contributed by atoms with Crippen molar-refractivity contribution in [3.05, 3.63) is 0 Å². The molecule has 0 bridgehead atoms. The Morgan fingerprint density at radius 2 is 2.22 bits per heavy atom. The summed E-state index contributed by atoms with van der Waals surface area (Å²) in [5, 5.41) is 3.43. The van der Waals surface area contributed by atoms with E-state index in [9.17, 15) is 4.79 Å². The van der Waals surface area contributed by atoms with Gasteiger partial charge >= 0.3 is 6.09 Å². The number of amides is 1. The maximum Gasteiger partial charge on any atom is 0.410 e. The lowest BCUT2D eigenvalue weighted by atomic mass is 9.90. The van der Waals surface area contributed by atoms with Crippen molar-refractivity contribution in [3.63, 3.8) is 0 Å². The van der Waals surface area contributed by atoms with Crippen LogP contribution in [0.4, 0.5) is 4.79 Å². The Kier molecular flexibility index (Phi) is 4.11. The fourth-order valence-electron chi connectivity index (χ4n) is 2.64. The molecule has 1 N–H and O–H groups in total. The molecule has 18 heavy (non-hydrogen) atoms. The van der Waals surface area contributed by atoms with E-state index < -0.39 is 5.60 Å². The van der Waals surface area contributed by atoms with Crippen LogP contribution in [0, 0.1) is 0 Å². The molecule has 104 valence electrons. The lowest BCUT2D eigenvalue weighted by Crippen LogP contribution is -2.64. The summed E-state index contributed by atoms with van der Waals surface area (Å²) < 4.78 is 5.55. The molecular formula is C13H24N2O2S. The zero-order valence-electron chi connectivity index (χ0n) is 11.6. The lowest BCUT2D eigenvalue weighted by molar-refractivity contribution is -0.00353. The van der Waals surface area contributed by atoms with E-state index in [-0.39, 0.29) is 11.6 Å². The van der Waals surface area contributed by atoms with Crippen molar-refractivity contribution in [2.45, 2.75) is 44.8 Å². The van der Waals surface area contributed by atoms with Gasteiger partial charge < -0.3 is 10.1 Å². The van der Waals surface area contributed by atoms with Gasteiger partial charge in [-0.25, -0.2) is 4.79 Å². The average Bonchev–Trinajstić information content (AvgIpc) is 2.28. The van der Waals surface area contributed by atoms with Crippen molar-refractivity contribution < 1.29 is 9.53 Å². The molecule has 0 saturated carbocycles. The Morgan fingerprint density at radius 1 is 1.44 bits per heavy atom. The first-order valence-electron chi connectivity index (χ1n) is 6.72. The summed E-state index contributed by atoms with van der Waals surface area (Å²) in [6.45, 7) is 8.55. The number of thioether (sulfide) groups is 1. The van der Waals surface area contributed by atoms with Gasteiger partial charge in [0, 0.05) is 24.6 Å². The number of hydrogen-bond acceptors (Lipinski definition) is 4. The molecule has 5 heteroatoms. The van der Waals surface area contributed by atoms with E-state index in [2.05, 4.69) is 5.32 Å². The second kappa shape index (κ2) is 5.29. The van der Waals surface area contributed by atoms with Gasteiger partial charge in [0.25, 0.3) is 0 Å². The summed E-state index contributed by atoms with van der Waals surface area (Å²) in [5.74, 6) is 2.04. The van der Waals surface area contributed by atoms with Crippen LogP contribution in [-0.4, -0.2) is 53.3 Å². The van der Waals surface area contributed by atoms with Gasteiger partial charge in [-0.15, -0.1) is 0 Å². The van der Waals surface area contributed by atoms with Crippen LogP contribution in [0.15, 0.2) is 0 Å². The molecule has 0 radical (unpaired) electrons. The maximum atomic E-state index is 12.4. The van der Waals surface area contributed by atoms with Crippen molar-refractivity contribution in [2.24, 2.45) is 0 Å². The number of nitrogens with zero attached hydrogens (tertiary/aromatic N) is 1. The highest BCUT2D eigenvalue weighted by atomic mass is 32.2. The predicted molar refractivity (Wildman–Crippen MR) is 75.1 cm³/mol. The lowest BCUT2D eigenvalue weighted by Gasteiger charge is -2.49. The smallest absolute Gasteiger partial charge is 0.410 e. The van der Waals surface area contributed by atoms with E-state index in [1.165, 1.54) is 0 Å². The van der Waals surface area contributed by atoms with Crippen molar-refractivity contribution in [3.8, 4) is 0 Å². The summed E-state index contributed by atoms with van der Waals surface area (Å²) >= 11 is 1.95. The molecule has 0 aromatic carbocycles. The minimum atomic E-state index is -0.412. The molecule has 1 atom stereocenters. The summed E-state index contributed by atoms with van der Waals surface area (Å²) in [4.78, 5) is 14.3. The molecule has 0 aliphatic carbocycles. The number of nitrogens with one attached hydrogen (secondary N) is 1. The van der Waals surface area contributed by atoms with Crippen molar-refractivity contribution in [1.82, 2.24) is 10.2 Å². The largest absolute Gasteiger partial charge is 0.444 e. The van der Waals surface area contributed by atoms with Crippen molar-refractivity contribution in [2.75, 3.05) is 31.1 Å². The first-order chi connectivity index (χ1) is 8.43. The van der Waals surface area contributed by atoms with Crippen LogP contribution in [0.25, 0.3) is 0 Å². The van der Waals surface area contributed by atoms with Gasteiger partial charge in [-0.2, -0.15) is 11.8 Å². The van der Waals surface area contributed by atoms with Gasteiger partial charge in [0.2, 0.25) is 0 Å². The number of rotatable bonds is 0. The van der Waals surface area contributed by atoms with Crippen LogP contribution in [0.3, 0.4) is 0 Å². The average molecular weight is 272 g/mol. The third-order valence-corrected chi connectivity index (χ3v) is 4.68. The van der Waals surface area contributed by atoms with Crippen molar-refractivity contribution >= 4 is 17.9 Å². The Labute approximate surface area is 114 Å². The molecule has 2 fully saturated rings. The summed E-state index contributed by atoms with van der Waals surface area (Å²) in [7, 11) is 0. The second-order valence-electron chi connectivity index (χ2n) is 6.19. The van der Waals surface area contributed by atoms with Gasteiger partial charge in [-0.05, 0) is 40.2 Å². The van der Waals surface area contributed by atoms with Crippen LogP contribution in [0.5, 0.6) is 0 Å². The molecule has 1 unspecified atom stereocenters. The minimum absolute atomic E-state index is 0.0243. The van der Waals surface area contributed by atoms with Crippen LogP contribution in [-0.2, 0) is 4.74 Å². The molecule has 2 aliphatic rings. The molecule has 0 aromatic rings. The normalized spacial score (nSPS) is 29.4. The summed E-state index contributed by atoms with van der Waals surface area (Å²) in [6.07, 6.45) is 2.08. The SMILES string of the molecule is CC(C)(C)OC(=O)N1CCSCC12CCCNC2. The van der Waals surface area contributed by atoms with E-state index in [1.807, 2.05) is 37.4 Å². The summed E-state index contributed by atoms with van der Waals surface area (Å²) in [6, 6.07) is 0. The molecule has 2 heterocycles. The fraction of sp³-hybridized carbons (Fsp3) is 0.923. The molecule has 2 aliphatic heterocycles. The Balaban J connectivity index is 2.10. The number of hydrogen-bond donors (Lipinski definition) is 1. The molecule has 4 nitrogen and oxygen atoms in total. The van der Waals surface area contributed by atoms with Crippen LogP contribution in [0.1, 0.15) is 33.6 Å². The highest BCUT2D eigenvalue weighted by molar-refractivity contribution is 7.99. The quantitative estimate of drug-likeness (QED) is 0.733. The van der Waals surface area contributed by atoms with Gasteiger partial charge in [-0.3, -0.25) is 4.90 Å². The highest BCUT2D eigenvalue weighted by Crippen LogP contribution is 2.33. The molecule has 0 aromatic heterocycles. The fourth-order valence-corrected chi connectivity index (χ4v) is 3.88. The minimum Gasteiger partial charge on any atom is -0.444 e. The van der Waals surface area contributed by atoms with Crippen LogP contribution in [0.2, 0.25) is 0 Å². The van der Waals surface area contributed by atoms with Crippen LogP contribution >= 0.6 is 11.8 Å².